The van der Waals surface area contributed by atoms with Gasteiger partial charge in [-0.25, -0.2) is 4.39 Å². The highest BCUT2D eigenvalue weighted by molar-refractivity contribution is 6.34. The lowest BCUT2D eigenvalue weighted by atomic mass is 10.2. The molecular weight excluding hydrogens is 338 g/mol. The number of amides is 1. The smallest absolute Gasteiger partial charge is 0.422 e. The number of ether oxygens (including phenoxy) is 1. The number of carbonyl (C=O) groups is 1. The molecule has 0 aliphatic heterocycles. The van der Waals surface area contributed by atoms with E-state index in [0.29, 0.717) is 0 Å². The van der Waals surface area contributed by atoms with E-state index in [1.807, 2.05) is 0 Å². The Kier molecular flexibility index (Phi) is 5.10. The van der Waals surface area contributed by atoms with Crippen molar-refractivity contribution in [2.75, 3.05) is 11.9 Å². The molecule has 0 saturated heterocycles. The first-order valence-corrected chi connectivity index (χ1v) is 6.69. The molecule has 3 nitrogen and oxygen atoms in total. The third kappa shape index (κ3) is 4.85. The molecule has 8 heteroatoms. The van der Waals surface area contributed by atoms with Crippen molar-refractivity contribution in [2.24, 2.45) is 0 Å². The van der Waals surface area contributed by atoms with Gasteiger partial charge < -0.3 is 10.1 Å². The molecule has 0 aliphatic rings. The molecule has 0 bridgehead atoms. The van der Waals surface area contributed by atoms with Crippen LogP contribution in [0.1, 0.15) is 10.4 Å². The van der Waals surface area contributed by atoms with Crippen molar-refractivity contribution in [3.8, 4) is 5.75 Å². The monoisotopic (exact) mass is 347 g/mol. The fourth-order valence-corrected chi connectivity index (χ4v) is 1.97. The van der Waals surface area contributed by atoms with Crippen molar-refractivity contribution >= 4 is 23.2 Å². The maximum Gasteiger partial charge on any atom is 0.422 e. The van der Waals surface area contributed by atoms with Crippen LogP contribution in [0.15, 0.2) is 42.5 Å². The van der Waals surface area contributed by atoms with Crippen LogP contribution in [0.3, 0.4) is 0 Å². The second-order valence-electron chi connectivity index (χ2n) is 4.48. The standard InChI is InChI=1S/C15H10ClF4NO2/c16-11-7-9(17)5-6-10(11)14(22)21-12-3-1-2-4-13(12)23-8-15(18,19)20/h1-7H,8H2,(H,21,22). The predicted octanol–water partition coefficient (Wildman–Crippen LogP) is 4.67. The number of carbonyl (C=O) groups excluding carboxylic acids is 1. The van der Waals surface area contributed by atoms with E-state index in [9.17, 15) is 22.4 Å². The molecule has 2 rings (SSSR count). The molecule has 0 aliphatic carbocycles. The summed E-state index contributed by atoms with van der Waals surface area (Å²) >= 11 is 5.77. The minimum absolute atomic E-state index is 0.0151. The number of hydrogen-bond acceptors (Lipinski definition) is 2. The number of alkyl halides is 3. The van der Waals surface area contributed by atoms with Gasteiger partial charge in [0.1, 0.15) is 11.6 Å². The first kappa shape index (κ1) is 17.1. The van der Waals surface area contributed by atoms with Gasteiger partial charge in [-0.3, -0.25) is 4.79 Å². The fourth-order valence-electron chi connectivity index (χ4n) is 1.72. The van der Waals surface area contributed by atoms with Crippen LogP contribution in [-0.2, 0) is 0 Å². The first-order chi connectivity index (χ1) is 10.8. The van der Waals surface area contributed by atoms with E-state index in [-0.39, 0.29) is 22.0 Å². The molecular formula is C15H10ClF4NO2. The molecule has 0 saturated carbocycles. The van der Waals surface area contributed by atoms with Gasteiger partial charge in [0.2, 0.25) is 0 Å². The summed E-state index contributed by atoms with van der Waals surface area (Å²) in [5, 5.41) is 2.27. The second-order valence-corrected chi connectivity index (χ2v) is 4.89. The van der Waals surface area contributed by atoms with Crippen molar-refractivity contribution < 1.29 is 27.1 Å². The zero-order valence-electron chi connectivity index (χ0n) is 11.5. The molecule has 1 N–H and O–H groups in total. The van der Waals surface area contributed by atoms with Gasteiger partial charge in [0.05, 0.1) is 16.3 Å². The number of nitrogens with one attached hydrogen (secondary N) is 1. The molecule has 122 valence electrons. The highest BCUT2D eigenvalue weighted by atomic mass is 35.5. The quantitative estimate of drug-likeness (QED) is 0.816. The highest BCUT2D eigenvalue weighted by Gasteiger charge is 2.29. The number of hydrogen-bond donors (Lipinski definition) is 1. The summed E-state index contributed by atoms with van der Waals surface area (Å²) in [6.07, 6.45) is -4.50. The Morgan fingerprint density at radius 1 is 1.17 bits per heavy atom. The molecule has 2 aromatic carbocycles. The van der Waals surface area contributed by atoms with E-state index >= 15 is 0 Å². The lowest BCUT2D eigenvalue weighted by molar-refractivity contribution is -0.153. The molecule has 0 heterocycles. The van der Waals surface area contributed by atoms with Gasteiger partial charge in [-0.15, -0.1) is 0 Å². The van der Waals surface area contributed by atoms with E-state index in [0.717, 1.165) is 12.1 Å². The van der Waals surface area contributed by atoms with E-state index < -0.39 is 24.5 Å². The Morgan fingerprint density at radius 2 is 1.87 bits per heavy atom. The van der Waals surface area contributed by atoms with Crippen molar-refractivity contribution in [3.05, 3.63) is 58.9 Å². The van der Waals surface area contributed by atoms with Crippen LogP contribution in [0, 0.1) is 5.82 Å². The maximum absolute atomic E-state index is 13.0. The number of rotatable bonds is 4. The zero-order valence-corrected chi connectivity index (χ0v) is 12.2. The topological polar surface area (TPSA) is 38.3 Å². The average molecular weight is 348 g/mol. The normalized spacial score (nSPS) is 11.2. The highest BCUT2D eigenvalue weighted by Crippen LogP contribution is 2.27. The average Bonchev–Trinajstić information content (AvgIpc) is 2.45. The summed E-state index contributed by atoms with van der Waals surface area (Å²) in [7, 11) is 0. The SMILES string of the molecule is O=C(Nc1ccccc1OCC(F)(F)F)c1ccc(F)cc1Cl. The van der Waals surface area contributed by atoms with E-state index in [1.165, 1.54) is 30.3 Å². The van der Waals surface area contributed by atoms with Gasteiger partial charge >= 0.3 is 6.18 Å². The summed E-state index contributed by atoms with van der Waals surface area (Å²) in [5.74, 6) is -1.45. The van der Waals surface area contributed by atoms with Gasteiger partial charge in [0, 0.05) is 0 Å². The van der Waals surface area contributed by atoms with Crippen molar-refractivity contribution in [3.63, 3.8) is 0 Å². The molecule has 0 spiro atoms. The zero-order chi connectivity index (χ0) is 17.0. The molecule has 23 heavy (non-hydrogen) atoms. The van der Waals surface area contributed by atoms with Crippen molar-refractivity contribution in [1.29, 1.82) is 0 Å². The number of para-hydroxylation sites is 2. The summed E-state index contributed by atoms with van der Waals surface area (Å²) in [4.78, 5) is 12.1. The van der Waals surface area contributed by atoms with Crippen LogP contribution in [0.25, 0.3) is 0 Å². The Balaban J connectivity index is 2.18. The molecule has 1 amide bonds. The molecule has 0 atom stereocenters. The van der Waals surface area contributed by atoms with Crippen molar-refractivity contribution in [1.82, 2.24) is 0 Å². The van der Waals surface area contributed by atoms with E-state index in [4.69, 9.17) is 11.6 Å². The summed E-state index contributed by atoms with van der Waals surface area (Å²) < 4.78 is 54.3. The third-order valence-corrected chi connectivity index (χ3v) is 3.02. The van der Waals surface area contributed by atoms with Crippen LogP contribution in [0.5, 0.6) is 5.75 Å². The number of benzene rings is 2. The lowest BCUT2D eigenvalue weighted by Crippen LogP contribution is -2.20. The van der Waals surface area contributed by atoms with Gasteiger partial charge in [-0.2, -0.15) is 13.2 Å². The second kappa shape index (κ2) is 6.87. The number of anilines is 1. The maximum atomic E-state index is 13.0. The Bertz CT molecular complexity index is 719. The van der Waals surface area contributed by atoms with Gasteiger partial charge in [-0.1, -0.05) is 23.7 Å². The Labute approximate surface area is 133 Å². The summed E-state index contributed by atoms with van der Waals surface area (Å²) in [6, 6.07) is 8.82. The molecule has 0 unspecified atom stereocenters. The largest absolute Gasteiger partial charge is 0.482 e. The van der Waals surface area contributed by atoms with Gasteiger partial charge in [-0.05, 0) is 30.3 Å². The van der Waals surface area contributed by atoms with Crippen LogP contribution in [0.2, 0.25) is 5.02 Å². The van der Waals surface area contributed by atoms with Gasteiger partial charge in [0.25, 0.3) is 5.91 Å². The number of halogens is 5. The van der Waals surface area contributed by atoms with Crippen LogP contribution < -0.4 is 10.1 Å². The predicted molar refractivity (Wildman–Crippen MR) is 77.4 cm³/mol. The van der Waals surface area contributed by atoms with Crippen LogP contribution in [0.4, 0.5) is 23.2 Å². The van der Waals surface area contributed by atoms with Crippen LogP contribution >= 0.6 is 11.6 Å². The molecule has 0 aromatic heterocycles. The Hall–Kier alpha value is -2.28. The van der Waals surface area contributed by atoms with E-state index in [2.05, 4.69) is 10.1 Å². The molecule has 0 radical (unpaired) electrons. The summed E-state index contributed by atoms with van der Waals surface area (Å²) in [6.45, 7) is -1.49. The summed E-state index contributed by atoms with van der Waals surface area (Å²) in [5.41, 5.74) is 0.0285. The van der Waals surface area contributed by atoms with E-state index in [1.54, 1.807) is 0 Å². The minimum Gasteiger partial charge on any atom is -0.482 e. The third-order valence-electron chi connectivity index (χ3n) is 2.70. The first-order valence-electron chi connectivity index (χ1n) is 6.31. The minimum atomic E-state index is -4.50. The fraction of sp³-hybridized carbons (Fsp3) is 0.133. The van der Waals surface area contributed by atoms with Crippen LogP contribution in [-0.4, -0.2) is 18.7 Å². The van der Waals surface area contributed by atoms with Gasteiger partial charge in [0.15, 0.2) is 6.61 Å². The molecule has 0 fully saturated rings. The molecule has 2 aromatic rings. The Morgan fingerprint density at radius 3 is 2.52 bits per heavy atom. The lowest BCUT2D eigenvalue weighted by Gasteiger charge is -2.14. The van der Waals surface area contributed by atoms with Crippen molar-refractivity contribution in [2.45, 2.75) is 6.18 Å².